The Kier molecular flexibility index (Phi) is 11.9. The third-order valence-corrected chi connectivity index (χ3v) is 4.61. The molecule has 0 saturated heterocycles. The summed E-state index contributed by atoms with van der Waals surface area (Å²) in [5.74, 6) is 1.95. The number of ether oxygens (including phenoxy) is 4. The average Bonchev–Trinajstić information content (AvgIpc) is 2.78. The molecule has 2 aromatic carbocycles. The normalized spacial score (nSPS) is 11.1. The molecule has 6 heteroatoms. The van der Waals surface area contributed by atoms with Crippen LogP contribution >= 0.6 is 0 Å². The number of rotatable bonds is 16. The van der Waals surface area contributed by atoms with Gasteiger partial charge in [0, 0.05) is 5.92 Å². The van der Waals surface area contributed by atoms with E-state index in [1.54, 1.807) is 0 Å². The van der Waals surface area contributed by atoms with Crippen molar-refractivity contribution in [3.8, 4) is 11.5 Å². The number of hydrogen-bond donors (Lipinski definition) is 2. The quantitative estimate of drug-likeness (QED) is 0.407. The van der Waals surface area contributed by atoms with Gasteiger partial charge in [-0.1, -0.05) is 37.6 Å². The summed E-state index contributed by atoms with van der Waals surface area (Å²) in [6, 6.07) is 16.4. The molecule has 0 fully saturated rings. The summed E-state index contributed by atoms with van der Waals surface area (Å²) in [5, 5.41) is 17.4. The van der Waals surface area contributed by atoms with E-state index >= 15 is 0 Å². The van der Waals surface area contributed by atoms with Gasteiger partial charge >= 0.3 is 0 Å². The van der Waals surface area contributed by atoms with Gasteiger partial charge in [0.1, 0.15) is 24.7 Å². The summed E-state index contributed by atoms with van der Waals surface area (Å²) >= 11 is 0. The van der Waals surface area contributed by atoms with Crippen LogP contribution in [0.15, 0.2) is 48.5 Å². The topological polar surface area (TPSA) is 77.4 Å². The predicted molar refractivity (Wildman–Crippen MR) is 116 cm³/mol. The summed E-state index contributed by atoms with van der Waals surface area (Å²) < 4.78 is 21.8. The van der Waals surface area contributed by atoms with Crippen LogP contribution in [0.5, 0.6) is 11.5 Å². The molecule has 2 N–H and O–H groups in total. The lowest BCUT2D eigenvalue weighted by atomic mass is 9.87. The molecule has 0 radical (unpaired) electrons. The van der Waals surface area contributed by atoms with Crippen LogP contribution < -0.4 is 9.47 Å². The van der Waals surface area contributed by atoms with E-state index in [0.29, 0.717) is 45.6 Å². The van der Waals surface area contributed by atoms with Crippen molar-refractivity contribution in [2.45, 2.75) is 25.7 Å². The van der Waals surface area contributed by atoms with E-state index in [9.17, 15) is 0 Å². The summed E-state index contributed by atoms with van der Waals surface area (Å²) in [4.78, 5) is 0. The van der Waals surface area contributed by atoms with Gasteiger partial charge in [-0.25, -0.2) is 0 Å². The fraction of sp³-hybridized carbons (Fsp3) is 0.500. The molecule has 30 heavy (non-hydrogen) atoms. The predicted octanol–water partition coefficient (Wildman–Crippen LogP) is 3.39. The Morgan fingerprint density at radius 3 is 1.43 bits per heavy atom. The van der Waals surface area contributed by atoms with Crippen LogP contribution in [0.2, 0.25) is 0 Å². The molecule has 2 aromatic rings. The monoisotopic (exact) mass is 418 g/mol. The summed E-state index contributed by atoms with van der Waals surface area (Å²) in [7, 11) is 0. The Morgan fingerprint density at radius 1 is 0.633 bits per heavy atom. The molecule has 0 aliphatic rings. The highest BCUT2D eigenvalue weighted by Crippen LogP contribution is 2.31. The first-order chi connectivity index (χ1) is 14.8. The molecule has 0 heterocycles. The minimum Gasteiger partial charge on any atom is -0.491 e. The van der Waals surface area contributed by atoms with Gasteiger partial charge in [0.05, 0.1) is 39.6 Å². The Bertz CT molecular complexity index is 614. The van der Waals surface area contributed by atoms with Crippen molar-refractivity contribution in [3.05, 3.63) is 59.7 Å². The maximum absolute atomic E-state index is 8.70. The van der Waals surface area contributed by atoms with E-state index in [-0.39, 0.29) is 13.2 Å². The number of hydrogen-bond acceptors (Lipinski definition) is 6. The second-order valence-corrected chi connectivity index (χ2v) is 6.85. The van der Waals surface area contributed by atoms with Gasteiger partial charge in [0.15, 0.2) is 0 Å². The Hall–Kier alpha value is -2.12. The lowest BCUT2D eigenvalue weighted by Gasteiger charge is -2.18. The smallest absolute Gasteiger partial charge is 0.119 e. The van der Waals surface area contributed by atoms with Crippen LogP contribution in [-0.4, -0.2) is 63.1 Å². The summed E-state index contributed by atoms with van der Waals surface area (Å²) in [5.41, 5.74) is 2.51. The molecule has 166 valence electrons. The van der Waals surface area contributed by atoms with Gasteiger partial charge in [0.25, 0.3) is 0 Å². The molecule has 0 bridgehead atoms. The molecule has 6 nitrogen and oxygen atoms in total. The minimum atomic E-state index is 0.0274. The van der Waals surface area contributed by atoms with Gasteiger partial charge in [0.2, 0.25) is 0 Å². The number of aliphatic hydroxyl groups excluding tert-OH is 2. The molecule has 0 aromatic heterocycles. The van der Waals surface area contributed by atoms with Crippen molar-refractivity contribution >= 4 is 0 Å². The van der Waals surface area contributed by atoms with E-state index in [2.05, 4.69) is 31.2 Å². The highest BCUT2D eigenvalue weighted by atomic mass is 16.5. The van der Waals surface area contributed by atoms with Crippen LogP contribution in [-0.2, 0) is 9.47 Å². The van der Waals surface area contributed by atoms with Crippen LogP contribution in [0.1, 0.15) is 36.8 Å². The second kappa shape index (κ2) is 14.8. The molecule has 2 rings (SSSR count). The van der Waals surface area contributed by atoms with Crippen molar-refractivity contribution in [1.82, 2.24) is 0 Å². The van der Waals surface area contributed by atoms with Gasteiger partial charge in [-0.05, 0) is 41.8 Å². The minimum absolute atomic E-state index is 0.0274. The summed E-state index contributed by atoms with van der Waals surface area (Å²) in [6.45, 7) is 4.77. The first kappa shape index (κ1) is 24.2. The Labute approximate surface area is 179 Å². The van der Waals surface area contributed by atoms with Crippen molar-refractivity contribution in [1.29, 1.82) is 0 Å². The molecule has 0 unspecified atom stereocenters. The molecular weight excluding hydrogens is 384 g/mol. The van der Waals surface area contributed by atoms with Crippen molar-refractivity contribution in [2.75, 3.05) is 52.9 Å². The van der Waals surface area contributed by atoms with Crippen molar-refractivity contribution in [2.24, 2.45) is 0 Å². The zero-order valence-corrected chi connectivity index (χ0v) is 17.8. The fourth-order valence-electron chi connectivity index (χ4n) is 3.18. The molecule has 0 aliphatic carbocycles. The van der Waals surface area contributed by atoms with Gasteiger partial charge < -0.3 is 29.2 Å². The molecule has 0 amide bonds. The van der Waals surface area contributed by atoms with E-state index in [1.165, 1.54) is 11.1 Å². The third kappa shape index (κ3) is 8.71. The molecular formula is C24H34O6. The Balaban J connectivity index is 1.91. The summed E-state index contributed by atoms with van der Waals surface area (Å²) in [6.07, 6.45) is 2.15. The average molecular weight is 419 g/mol. The van der Waals surface area contributed by atoms with E-state index < -0.39 is 0 Å². The van der Waals surface area contributed by atoms with Crippen LogP contribution in [0.25, 0.3) is 0 Å². The molecule has 0 aliphatic heterocycles. The van der Waals surface area contributed by atoms with Crippen molar-refractivity contribution in [3.63, 3.8) is 0 Å². The van der Waals surface area contributed by atoms with Gasteiger partial charge in [-0.3, -0.25) is 0 Å². The second-order valence-electron chi connectivity index (χ2n) is 6.85. The highest BCUT2D eigenvalue weighted by molar-refractivity contribution is 5.38. The van der Waals surface area contributed by atoms with E-state index in [0.717, 1.165) is 24.3 Å². The maximum Gasteiger partial charge on any atom is 0.119 e. The third-order valence-electron chi connectivity index (χ3n) is 4.61. The standard InChI is InChI=1S/C24H34O6/c1-2-3-24(20-4-8-22(9-5-20)29-18-16-27-14-12-25)21-6-10-23(11-7-21)30-19-17-28-15-13-26/h4-11,24-26H,2-3,12-19H2,1H3. The fourth-order valence-corrected chi connectivity index (χ4v) is 3.18. The zero-order valence-electron chi connectivity index (χ0n) is 17.8. The lowest BCUT2D eigenvalue weighted by molar-refractivity contribution is 0.0705. The maximum atomic E-state index is 8.70. The molecule has 0 atom stereocenters. The zero-order chi connectivity index (χ0) is 21.4. The number of aliphatic hydroxyl groups is 2. The van der Waals surface area contributed by atoms with Crippen LogP contribution in [0.4, 0.5) is 0 Å². The molecule has 0 saturated carbocycles. The van der Waals surface area contributed by atoms with E-state index in [4.69, 9.17) is 29.2 Å². The largest absolute Gasteiger partial charge is 0.491 e. The highest BCUT2D eigenvalue weighted by Gasteiger charge is 2.14. The van der Waals surface area contributed by atoms with Crippen LogP contribution in [0.3, 0.4) is 0 Å². The number of benzene rings is 2. The van der Waals surface area contributed by atoms with Gasteiger partial charge in [-0.15, -0.1) is 0 Å². The van der Waals surface area contributed by atoms with E-state index in [1.807, 2.05) is 24.3 Å². The SMILES string of the molecule is CCCC(c1ccc(OCCOCCO)cc1)c1ccc(OCCOCCO)cc1. The van der Waals surface area contributed by atoms with Gasteiger partial charge in [-0.2, -0.15) is 0 Å². The molecule has 0 spiro atoms. The first-order valence-electron chi connectivity index (χ1n) is 10.6. The Morgan fingerprint density at radius 2 is 1.07 bits per heavy atom. The first-order valence-corrected chi connectivity index (χ1v) is 10.6. The lowest BCUT2D eigenvalue weighted by Crippen LogP contribution is -2.09. The van der Waals surface area contributed by atoms with Crippen molar-refractivity contribution < 1.29 is 29.2 Å². The van der Waals surface area contributed by atoms with Crippen LogP contribution in [0, 0.1) is 0 Å².